The summed E-state index contributed by atoms with van der Waals surface area (Å²) in [5.74, 6) is -0.218. The molecule has 1 aliphatic rings. The van der Waals surface area contributed by atoms with Crippen LogP contribution < -0.4 is 0 Å². The number of halogens is 2. The molecule has 1 saturated heterocycles. The molecule has 37 heavy (non-hydrogen) atoms. The summed E-state index contributed by atoms with van der Waals surface area (Å²) in [6.45, 7) is 2.36. The second-order valence-corrected chi connectivity index (χ2v) is 10.6. The third kappa shape index (κ3) is 5.77. The molecule has 1 aliphatic heterocycles. The molecule has 0 radical (unpaired) electrons. The monoisotopic (exact) mass is 535 g/mol. The van der Waals surface area contributed by atoms with Gasteiger partial charge in [0.05, 0.1) is 27.4 Å². The Morgan fingerprint density at radius 2 is 1.59 bits per heavy atom. The molecule has 3 aromatic carbocycles. The largest absolute Gasteiger partial charge is 0.388 e. The highest BCUT2D eigenvalue weighted by molar-refractivity contribution is 6.42. The lowest BCUT2D eigenvalue weighted by molar-refractivity contribution is -0.0271. The molecule has 0 amide bonds. The highest BCUT2D eigenvalue weighted by atomic mass is 35.5. The van der Waals surface area contributed by atoms with E-state index in [1.807, 2.05) is 72.8 Å². The maximum Gasteiger partial charge on any atom is 0.0978 e. The van der Waals surface area contributed by atoms with Gasteiger partial charge in [0.1, 0.15) is 0 Å². The van der Waals surface area contributed by atoms with E-state index in [4.69, 9.17) is 23.2 Å². The molecule has 4 aromatic rings. The Hall–Kier alpha value is -2.67. The van der Waals surface area contributed by atoms with Gasteiger partial charge in [0.25, 0.3) is 0 Å². The Kier molecular flexibility index (Phi) is 7.98. The number of aromatic amines is 1. The van der Waals surface area contributed by atoms with Crippen molar-refractivity contribution in [1.29, 1.82) is 0 Å². The predicted molar refractivity (Wildman–Crippen MR) is 149 cm³/mol. The fourth-order valence-corrected chi connectivity index (χ4v) is 5.63. The summed E-state index contributed by atoms with van der Waals surface area (Å²) in [4.78, 5) is 2.36. The van der Waals surface area contributed by atoms with E-state index >= 15 is 0 Å². The second-order valence-electron chi connectivity index (χ2n) is 9.81. The zero-order valence-corrected chi connectivity index (χ0v) is 22.0. The predicted octanol–water partition coefficient (Wildman–Crippen LogP) is 6.57. The first kappa shape index (κ1) is 26.0. The van der Waals surface area contributed by atoms with Crippen LogP contribution in [0.2, 0.25) is 10.0 Å². The Balaban J connectivity index is 1.34. The molecule has 2 unspecified atom stereocenters. The van der Waals surface area contributed by atoms with Gasteiger partial charge in [-0.1, -0.05) is 89.9 Å². The van der Waals surface area contributed by atoms with E-state index in [1.165, 1.54) is 0 Å². The van der Waals surface area contributed by atoms with Gasteiger partial charge in [-0.15, -0.1) is 0 Å². The van der Waals surface area contributed by atoms with Crippen LogP contribution in [0.15, 0.2) is 85.1 Å². The third-order valence-corrected chi connectivity index (χ3v) is 8.28. The minimum atomic E-state index is -0.794. The summed E-state index contributed by atoms with van der Waals surface area (Å²) in [5.41, 5.74) is 3.55. The third-order valence-electron chi connectivity index (χ3n) is 7.54. The minimum absolute atomic E-state index is 0.218. The Morgan fingerprint density at radius 3 is 2.27 bits per heavy atom. The van der Waals surface area contributed by atoms with Crippen LogP contribution in [0.1, 0.15) is 48.0 Å². The molecule has 0 aliphatic carbocycles. The van der Waals surface area contributed by atoms with Crippen LogP contribution in [0.4, 0.5) is 0 Å². The number of piperidine rings is 1. The van der Waals surface area contributed by atoms with Gasteiger partial charge in [0.15, 0.2) is 0 Å². The van der Waals surface area contributed by atoms with E-state index < -0.39 is 11.7 Å². The summed E-state index contributed by atoms with van der Waals surface area (Å²) >= 11 is 12.6. The molecule has 3 N–H and O–H groups in total. The number of hydrogen-bond donors (Lipinski definition) is 3. The quantitative estimate of drug-likeness (QED) is 0.238. The Bertz CT molecular complexity index is 1300. The number of rotatable bonds is 8. The molecule has 7 heteroatoms. The van der Waals surface area contributed by atoms with Crippen LogP contribution in [0.3, 0.4) is 0 Å². The topological polar surface area (TPSA) is 72.4 Å². The van der Waals surface area contributed by atoms with Crippen LogP contribution in [0, 0.1) is 0 Å². The molecular weight excluding hydrogens is 505 g/mol. The summed E-state index contributed by atoms with van der Waals surface area (Å²) in [5, 5.41) is 31.2. The zero-order chi connectivity index (χ0) is 25.8. The van der Waals surface area contributed by atoms with Gasteiger partial charge in [0.2, 0.25) is 0 Å². The number of aromatic nitrogens is 2. The van der Waals surface area contributed by atoms with Gasteiger partial charge >= 0.3 is 0 Å². The van der Waals surface area contributed by atoms with Crippen LogP contribution in [0.25, 0.3) is 11.3 Å². The van der Waals surface area contributed by atoms with Crippen molar-refractivity contribution in [3.8, 4) is 11.3 Å². The zero-order valence-electron chi connectivity index (χ0n) is 20.5. The molecule has 5 rings (SSSR count). The lowest BCUT2D eigenvalue weighted by atomic mass is 9.83. The van der Waals surface area contributed by atoms with Gasteiger partial charge in [-0.3, -0.25) is 5.10 Å². The maximum atomic E-state index is 11.7. The lowest BCUT2D eigenvalue weighted by Gasteiger charge is -2.39. The van der Waals surface area contributed by atoms with E-state index in [2.05, 4.69) is 15.1 Å². The first-order valence-corrected chi connectivity index (χ1v) is 13.4. The molecule has 1 fully saturated rings. The first-order valence-electron chi connectivity index (χ1n) is 12.7. The number of nitrogens with zero attached hydrogens (tertiary/aromatic N) is 2. The van der Waals surface area contributed by atoms with Crippen molar-refractivity contribution in [2.24, 2.45) is 0 Å². The van der Waals surface area contributed by atoms with Gasteiger partial charge in [0, 0.05) is 36.3 Å². The number of benzene rings is 3. The van der Waals surface area contributed by atoms with Gasteiger partial charge < -0.3 is 15.1 Å². The molecule has 0 spiro atoms. The van der Waals surface area contributed by atoms with Gasteiger partial charge in [-0.05, 0) is 49.1 Å². The highest BCUT2D eigenvalue weighted by Gasteiger charge is 2.34. The van der Waals surface area contributed by atoms with Crippen LogP contribution in [-0.2, 0) is 5.60 Å². The number of aliphatic hydroxyl groups is 2. The smallest absolute Gasteiger partial charge is 0.0978 e. The van der Waals surface area contributed by atoms with Crippen molar-refractivity contribution >= 4 is 23.2 Å². The van der Waals surface area contributed by atoms with Crippen LogP contribution in [0.5, 0.6) is 0 Å². The Labute approximate surface area is 227 Å². The van der Waals surface area contributed by atoms with Gasteiger partial charge in [-0.2, -0.15) is 5.10 Å². The lowest BCUT2D eigenvalue weighted by Crippen LogP contribution is -2.43. The van der Waals surface area contributed by atoms with Crippen molar-refractivity contribution in [2.45, 2.75) is 36.9 Å². The molecule has 2 heterocycles. The van der Waals surface area contributed by atoms with Crippen molar-refractivity contribution in [3.63, 3.8) is 0 Å². The van der Waals surface area contributed by atoms with Crippen LogP contribution in [-0.4, -0.2) is 44.9 Å². The fraction of sp³-hybridized carbons (Fsp3) is 0.300. The Morgan fingerprint density at radius 1 is 0.919 bits per heavy atom. The van der Waals surface area contributed by atoms with E-state index in [-0.39, 0.29) is 5.92 Å². The molecule has 2 atom stereocenters. The number of aliphatic hydroxyl groups excluding tert-OH is 1. The number of hydrogen-bond acceptors (Lipinski definition) is 4. The van der Waals surface area contributed by atoms with E-state index in [9.17, 15) is 10.2 Å². The highest BCUT2D eigenvalue weighted by Crippen LogP contribution is 2.40. The average Bonchev–Trinajstić information content (AvgIpc) is 3.43. The number of H-pyrrole nitrogens is 1. The molecule has 192 valence electrons. The molecule has 1 aromatic heterocycles. The van der Waals surface area contributed by atoms with Crippen molar-refractivity contribution in [1.82, 2.24) is 15.1 Å². The minimum Gasteiger partial charge on any atom is -0.388 e. The number of nitrogens with one attached hydrogen (secondary N) is 1. The SMILES string of the molecule is OC(c1c[nH]nc1-c1ccccc1)C(CCN1CCC(O)(c2ccccc2)CC1)c1ccc(Cl)c(Cl)c1. The molecular formula is C30H31Cl2N3O2. The molecule has 0 bridgehead atoms. The normalized spacial score (nSPS) is 17.4. The van der Waals surface area contributed by atoms with E-state index in [1.54, 1.807) is 12.3 Å². The fourth-order valence-electron chi connectivity index (χ4n) is 5.32. The maximum absolute atomic E-state index is 11.7. The number of likely N-dealkylation sites (tertiary alicyclic amines) is 1. The summed E-state index contributed by atoms with van der Waals surface area (Å²) in [6.07, 6.45) is 3.05. The summed E-state index contributed by atoms with van der Waals surface area (Å²) < 4.78 is 0. The summed E-state index contributed by atoms with van der Waals surface area (Å²) in [6, 6.07) is 25.4. The van der Waals surface area contributed by atoms with Gasteiger partial charge in [-0.25, -0.2) is 0 Å². The second kappa shape index (κ2) is 11.4. The molecule has 5 nitrogen and oxygen atoms in total. The first-order chi connectivity index (χ1) is 17.9. The summed E-state index contributed by atoms with van der Waals surface area (Å²) in [7, 11) is 0. The van der Waals surface area contributed by atoms with Crippen molar-refractivity contribution in [2.75, 3.05) is 19.6 Å². The van der Waals surface area contributed by atoms with E-state index in [0.29, 0.717) is 29.3 Å². The molecule has 0 saturated carbocycles. The van der Waals surface area contributed by atoms with Crippen molar-refractivity contribution < 1.29 is 10.2 Å². The standard InChI is InChI=1S/C30H31Cl2N3O2/c31-26-12-11-22(19-27(26)32)24(29(36)25-20-33-34-28(25)21-7-3-1-4-8-21)13-16-35-17-14-30(37,15-18-35)23-9-5-2-6-10-23/h1-12,19-20,24,29,36-37H,13-18H2,(H,33,34). The van der Waals surface area contributed by atoms with E-state index in [0.717, 1.165) is 47.6 Å². The van der Waals surface area contributed by atoms with Crippen LogP contribution >= 0.6 is 23.2 Å². The average molecular weight is 537 g/mol. The van der Waals surface area contributed by atoms with Crippen molar-refractivity contribution in [3.05, 3.63) is 112 Å².